The van der Waals surface area contributed by atoms with E-state index in [9.17, 15) is 9.59 Å². The Kier molecular flexibility index (Phi) is 6.37. The molecule has 0 aliphatic heterocycles. The van der Waals surface area contributed by atoms with E-state index in [1.807, 2.05) is 37.3 Å². The van der Waals surface area contributed by atoms with E-state index in [2.05, 4.69) is 0 Å². The minimum absolute atomic E-state index is 0.0858. The van der Waals surface area contributed by atoms with Crippen molar-refractivity contribution in [2.75, 3.05) is 20.3 Å². The number of rotatable bonds is 8. The van der Waals surface area contributed by atoms with Gasteiger partial charge in [-0.3, -0.25) is 9.59 Å². The van der Waals surface area contributed by atoms with Crippen LogP contribution in [0.5, 0.6) is 11.5 Å². The largest absolute Gasteiger partial charge is 0.493 e. The fraction of sp³-hybridized carbons (Fsp3) is 0.263. The first kappa shape index (κ1) is 17.5. The quantitative estimate of drug-likeness (QED) is 0.700. The molecule has 1 amide bonds. The van der Waals surface area contributed by atoms with Gasteiger partial charge in [0.05, 0.1) is 7.11 Å². The number of carbonyl (C=O) groups is 2. The summed E-state index contributed by atoms with van der Waals surface area (Å²) < 4.78 is 10.8. The molecule has 0 atom stereocenters. The van der Waals surface area contributed by atoms with Gasteiger partial charge in [0.1, 0.15) is 6.29 Å². The molecule has 0 fully saturated rings. The van der Waals surface area contributed by atoms with Crippen LogP contribution >= 0.6 is 0 Å². The molecule has 0 N–H and O–H groups in total. The van der Waals surface area contributed by atoms with Crippen LogP contribution in [0, 0.1) is 0 Å². The van der Waals surface area contributed by atoms with E-state index < -0.39 is 0 Å². The number of methoxy groups -OCH3 is 1. The van der Waals surface area contributed by atoms with E-state index >= 15 is 0 Å². The number of ether oxygens (including phenoxy) is 2. The zero-order valence-corrected chi connectivity index (χ0v) is 13.9. The third-order valence-electron chi connectivity index (χ3n) is 3.63. The molecular formula is C19H21NO4. The van der Waals surface area contributed by atoms with Crippen LogP contribution in [0.25, 0.3) is 0 Å². The summed E-state index contributed by atoms with van der Waals surface area (Å²) in [6, 6.07) is 14.6. The average molecular weight is 327 g/mol. The lowest BCUT2D eigenvalue weighted by atomic mass is 10.2. The van der Waals surface area contributed by atoms with Crippen molar-refractivity contribution < 1.29 is 19.1 Å². The number of hydrogen-bond acceptors (Lipinski definition) is 4. The Bertz CT molecular complexity index is 685. The van der Waals surface area contributed by atoms with Gasteiger partial charge >= 0.3 is 0 Å². The van der Waals surface area contributed by atoms with Crippen LogP contribution in [0.15, 0.2) is 48.5 Å². The summed E-state index contributed by atoms with van der Waals surface area (Å²) >= 11 is 0. The Morgan fingerprint density at radius 2 is 1.88 bits per heavy atom. The van der Waals surface area contributed by atoms with Gasteiger partial charge in [-0.15, -0.1) is 0 Å². The smallest absolute Gasteiger partial charge is 0.260 e. The third-order valence-corrected chi connectivity index (χ3v) is 3.63. The van der Waals surface area contributed by atoms with Crippen molar-refractivity contribution in [3.63, 3.8) is 0 Å². The zero-order chi connectivity index (χ0) is 17.4. The molecule has 5 nitrogen and oxygen atoms in total. The number of hydrogen-bond donors (Lipinski definition) is 0. The van der Waals surface area contributed by atoms with Crippen molar-refractivity contribution in [2.45, 2.75) is 13.5 Å². The monoisotopic (exact) mass is 327 g/mol. The van der Waals surface area contributed by atoms with E-state index in [1.54, 1.807) is 23.1 Å². The molecule has 2 rings (SSSR count). The van der Waals surface area contributed by atoms with Crippen molar-refractivity contribution in [1.82, 2.24) is 4.90 Å². The van der Waals surface area contributed by atoms with Crippen LogP contribution < -0.4 is 9.47 Å². The first-order valence-electron chi connectivity index (χ1n) is 7.75. The second-order valence-electron chi connectivity index (χ2n) is 5.21. The Balaban J connectivity index is 1.99. The predicted octanol–water partition coefficient (Wildman–Crippen LogP) is 2.94. The van der Waals surface area contributed by atoms with Crippen molar-refractivity contribution in [2.24, 2.45) is 0 Å². The van der Waals surface area contributed by atoms with Crippen molar-refractivity contribution in [1.29, 1.82) is 0 Å². The second-order valence-corrected chi connectivity index (χ2v) is 5.21. The van der Waals surface area contributed by atoms with Gasteiger partial charge in [-0.2, -0.15) is 0 Å². The van der Waals surface area contributed by atoms with Gasteiger partial charge in [0.25, 0.3) is 5.91 Å². The Morgan fingerprint density at radius 1 is 1.12 bits per heavy atom. The fourth-order valence-electron chi connectivity index (χ4n) is 2.29. The van der Waals surface area contributed by atoms with Gasteiger partial charge in [-0.25, -0.2) is 0 Å². The molecule has 0 aliphatic carbocycles. The molecule has 126 valence electrons. The zero-order valence-electron chi connectivity index (χ0n) is 13.9. The highest BCUT2D eigenvalue weighted by Gasteiger charge is 2.14. The lowest BCUT2D eigenvalue weighted by molar-refractivity contribution is -0.133. The van der Waals surface area contributed by atoms with Gasteiger partial charge in [0.15, 0.2) is 18.1 Å². The van der Waals surface area contributed by atoms with E-state index in [4.69, 9.17) is 9.47 Å². The fourth-order valence-corrected chi connectivity index (χ4v) is 2.29. The molecule has 24 heavy (non-hydrogen) atoms. The molecular weight excluding hydrogens is 306 g/mol. The standard InChI is InChI=1S/C19H21NO4/c1-3-20(12-15-7-5-4-6-8-15)19(22)14-24-17-10-9-16(13-21)11-18(17)23-2/h4-11,13H,3,12,14H2,1-2H3. The topological polar surface area (TPSA) is 55.8 Å². The van der Waals surface area contributed by atoms with Gasteiger partial charge in [-0.05, 0) is 30.7 Å². The maximum Gasteiger partial charge on any atom is 0.260 e. The number of likely N-dealkylation sites (N-methyl/N-ethyl adjacent to an activating group) is 1. The minimum Gasteiger partial charge on any atom is -0.493 e. The van der Waals surface area contributed by atoms with Gasteiger partial charge in [0, 0.05) is 18.7 Å². The number of amides is 1. The number of carbonyl (C=O) groups excluding carboxylic acids is 2. The van der Waals surface area contributed by atoms with Crippen molar-refractivity contribution in [3.8, 4) is 11.5 Å². The molecule has 0 heterocycles. The molecule has 0 saturated carbocycles. The normalized spacial score (nSPS) is 10.1. The summed E-state index contributed by atoms with van der Waals surface area (Å²) in [6.45, 7) is 2.98. The van der Waals surface area contributed by atoms with E-state index in [0.29, 0.717) is 30.2 Å². The average Bonchev–Trinajstić information content (AvgIpc) is 2.64. The van der Waals surface area contributed by atoms with E-state index in [0.717, 1.165) is 11.8 Å². The van der Waals surface area contributed by atoms with Gasteiger partial charge < -0.3 is 14.4 Å². The van der Waals surface area contributed by atoms with Crippen LogP contribution in [-0.4, -0.2) is 37.4 Å². The van der Waals surface area contributed by atoms with Crippen LogP contribution in [0.2, 0.25) is 0 Å². The van der Waals surface area contributed by atoms with Crippen LogP contribution in [0.3, 0.4) is 0 Å². The maximum atomic E-state index is 12.4. The Labute approximate surface area is 141 Å². The molecule has 0 radical (unpaired) electrons. The highest BCUT2D eigenvalue weighted by atomic mass is 16.5. The van der Waals surface area contributed by atoms with Crippen LogP contribution in [0.4, 0.5) is 0 Å². The van der Waals surface area contributed by atoms with Crippen LogP contribution in [-0.2, 0) is 11.3 Å². The molecule has 0 spiro atoms. The van der Waals surface area contributed by atoms with E-state index in [-0.39, 0.29) is 12.5 Å². The summed E-state index contributed by atoms with van der Waals surface area (Å²) in [5.74, 6) is 0.758. The molecule has 2 aromatic rings. The second kappa shape index (κ2) is 8.72. The summed E-state index contributed by atoms with van der Waals surface area (Å²) in [6.07, 6.45) is 0.732. The molecule has 2 aromatic carbocycles. The first-order chi connectivity index (χ1) is 11.7. The highest BCUT2D eigenvalue weighted by Crippen LogP contribution is 2.27. The number of benzene rings is 2. The molecule has 0 aromatic heterocycles. The first-order valence-corrected chi connectivity index (χ1v) is 7.75. The molecule has 0 aliphatic rings. The summed E-state index contributed by atoms with van der Waals surface area (Å²) in [5, 5.41) is 0. The lowest BCUT2D eigenvalue weighted by Gasteiger charge is -2.21. The van der Waals surface area contributed by atoms with Gasteiger partial charge in [-0.1, -0.05) is 30.3 Å². The minimum atomic E-state index is -0.108. The van der Waals surface area contributed by atoms with Gasteiger partial charge in [0.2, 0.25) is 0 Å². The van der Waals surface area contributed by atoms with Crippen molar-refractivity contribution in [3.05, 3.63) is 59.7 Å². The SMILES string of the molecule is CCN(Cc1ccccc1)C(=O)COc1ccc(C=O)cc1OC. The summed E-state index contributed by atoms with van der Waals surface area (Å²) in [4.78, 5) is 24.9. The number of aldehydes is 1. The van der Waals surface area contributed by atoms with Crippen molar-refractivity contribution >= 4 is 12.2 Å². The highest BCUT2D eigenvalue weighted by molar-refractivity contribution is 5.78. The van der Waals surface area contributed by atoms with E-state index in [1.165, 1.54) is 7.11 Å². The summed E-state index contributed by atoms with van der Waals surface area (Å²) in [5.41, 5.74) is 1.56. The molecule has 5 heteroatoms. The maximum absolute atomic E-state index is 12.4. The number of nitrogens with zero attached hydrogens (tertiary/aromatic N) is 1. The molecule has 0 unspecified atom stereocenters. The predicted molar refractivity (Wildman–Crippen MR) is 91.4 cm³/mol. The molecule has 0 saturated heterocycles. The van der Waals surface area contributed by atoms with Crippen LogP contribution in [0.1, 0.15) is 22.8 Å². The Morgan fingerprint density at radius 3 is 2.50 bits per heavy atom. The Hall–Kier alpha value is -2.82. The molecule has 0 bridgehead atoms. The third kappa shape index (κ3) is 4.59. The summed E-state index contributed by atoms with van der Waals surface area (Å²) in [7, 11) is 1.49. The lowest BCUT2D eigenvalue weighted by Crippen LogP contribution is -2.34.